The molecule has 2 nitrogen and oxygen atoms in total. The van der Waals surface area contributed by atoms with E-state index in [2.05, 4.69) is 11.9 Å². The van der Waals surface area contributed by atoms with Crippen molar-refractivity contribution < 1.29 is 9.13 Å². The summed E-state index contributed by atoms with van der Waals surface area (Å²) in [6.45, 7) is 4.08. The SMILES string of the molecule is CC1Cc2[nH]c3ccc(F)cc3c2C(C)O1. The fourth-order valence-electron chi connectivity index (χ4n) is 2.62. The lowest BCUT2D eigenvalue weighted by atomic mass is 10.00. The van der Waals surface area contributed by atoms with E-state index in [0.29, 0.717) is 0 Å². The normalized spacial score (nSPS) is 24.7. The van der Waals surface area contributed by atoms with Gasteiger partial charge in [0.2, 0.25) is 0 Å². The topological polar surface area (TPSA) is 25.0 Å². The molecule has 0 amide bonds. The van der Waals surface area contributed by atoms with Gasteiger partial charge in [-0.15, -0.1) is 0 Å². The summed E-state index contributed by atoms with van der Waals surface area (Å²) < 4.78 is 19.0. The van der Waals surface area contributed by atoms with Crippen LogP contribution in [-0.4, -0.2) is 11.1 Å². The molecule has 2 atom stereocenters. The number of nitrogens with one attached hydrogen (secondary N) is 1. The van der Waals surface area contributed by atoms with E-state index in [0.717, 1.165) is 22.9 Å². The number of aromatic nitrogens is 1. The van der Waals surface area contributed by atoms with E-state index in [9.17, 15) is 4.39 Å². The van der Waals surface area contributed by atoms with Crippen molar-refractivity contribution in [3.63, 3.8) is 0 Å². The number of halogens is 1. The van der Waals surface area contributed by atoms with Crippen molar-refractivity contribution in [3.8, 4) is 0 Å². The van der Waals surface area contributed by atoms with E-state index >= 15 is 0 Å². The van der Waals surface area contributed by atoms with E-state index in [1.54, 1.807) is 12.1 Å². The van der Waals surface area contributed by atoms with Gasteiger partial charge in [0.1, 0.15) is 5.82 Å². The van der Waals surface area contributed by atoms with Crippen molar-refractivity contribution in [3.05, 3.63) is 35.3 Å². The standard InChI is InChI=1S/C13H14FNO/c1-7-5-12-13(8(2)16-7)10-6-9(14)3-4-11(10)15-12/h3-4,6-8,15H,5H2,1-2H3. The smallest absolute Gasteiger partial charge is 0.123 e. The second kappa shape index (κ2) is 3.32. The molecule has 84 valence electrons. The molecular formula is C13H14FNO. The summed E-state index contributed by atoms with van der Waals surface area (Å²) in [5.74, 6) is -0.194. The van der Waals surface area contributed by atoms with Gasteiger partial charge >= 0.3 is 0 Å². The highest BCUT2D eigenvalue weighted by Crippen LogP contribution is 2.35. The molecule has 0 bridgehead atoms. The van der Waals surface area contributed by atoms with Gasteiger partial charge < -0.3 is 9.72 Å². The van der Waals surface area contributed by atoms with Crippen molar-refractivity contribution in [2.45, 2.75) is 32.5 Å². The van der Waals surface area contributed by atoms with Gasteiger partial charge in [-0.3, -0.25) is 0 Å². The molecule has 0 spiro atoms. The molecule has 3 heteroatoms. The van der Waals surface area contributed by atoms with Crippen LogP contribution >= 0.6 is 0 Å². The van der Waals surface area contributed by atoms with Crippen LogP contribution in [0.3, 0.4) is 0 Å². The first-order valence-corrected chi connectivity index (χ1v) is 5.60. The van der Waals surface area contributed by atoms with Gasteiger partial charge in [0.05, 0.1) is 12.2 Å². The molecule has 2 aromatic rings. The Bertz CT molecular complexity index is 546. The zero-order valence-corrected chi connectivity index (χ0v) is 9.38. The van der Waals surface area contributed by atoms with Crippen LogP contribution in [0.5, 0.6) is 0 Å². The minimum absolute atomic E-state index is 0.0364. The van der Waals surface area contributed by atoms with Crippen LogP contribution < -0.4 is 0 Å². The number of benzene rings is 1. The molecule has 1 aliphatic rings. The van der Waals surface area contributed by atoms with Crippen LogP contribution in [0.4, 0.5) is 4.39 Å². The molecule has 2 unspecified atom stereocenters. The second-order valence-electron chi connectivity index (χ2n) is 4.50. The van der Waals surface area contributed by atoms with Crippen molar-refractivity contribution in [1.29, 1.82) is 0 Å². The summed E-state index contributed by atoms with van der Waals surface area (Å²) in [6.07, 6.45) is 1.13. The van der Waals surface area contributed by atoms with Gasteiger partial charge in [0.25, 0.3) is 0 Å². The van der Waals surface area contributed by atoms with Gasteiger partial charge in [-0.1, -0.05) is 0 Å². The highest BCUT2D eigenvalue weighted by atomic mass is 19.1. The number of hydrogen-bond acceptors (Lipinski definition) is 1. The summed E-state index contributed by atoms with van der Waals surface area (Å²) in [5, 5.41) is 0.953. The minimum atomic E-state index is -0.194. The number of hydrogen-bond donors (Lipinski definition) is 1. The number of fused-ring (bicyclic) bond motifs is 3. The maximum atomic E-state index is 13.2. The number of rotatable bonds is 0. The Hall–Kier alpha value is -1.35. The largest absolute Gasteiger partial charge is 0.370 e. The lowest BCUT2D eigenvalue weighted by Crippen LogP contribution is -2.21. The predicted molar refractivity (Wildman–Crippen MR) is 60.9 cm³/mol. The Labute approximate surface area is 93.4 Å². The molecule has 1 aliphatic heterocycles. The van der Waals surface area contributed by atoms with E-state index < -0.39 is 0 Å². The number of aromatic amines is 1. The summed E-state index contributed by atoms with van der Waals surface area (Å²) in [7, 11) is 0. The third-order valence-corrected chi connectivity index (χ3v) is 3.22. The second-order valence-corrected chi connectivity index (χ2v) is 4.50. The van der Waals surface area contributed by atoms with Crippen molar-refractivity contribution in [2.24, 2.45) is 0 Å². The maximum Gasteiger partial charge on any atom is 0.123 e. The zero-order valence-electron chi connectivity index (χ0n) is 9.38. The lowest BCUT2D eigenvalue weighted by molar-refractivity contribution is -0.00436. The quantitative estimate of drug-likeness (QED) is 0.722. The molecule has 2 heterocycles. The predicted octanol–water partition coefficient (Wildman–Crippen LogP) is 3.33. The van der Waals surface area contributed by atoms with Gasteiger partial charge in [-0.05, 0) is 32.0 Å². The third-order valence-electron chi connectivity index (χ3n) is 3.22. The first-order valence-electron chi connectivity index (χ1n) is 5.60. The highest BCUT2D eigenvalue weighted by Gasteiger charge is 2.25. The van der Waals surface area contributed by atoms with Gasteiger partial charge in [-0.25, -0.2) is 4.39 Å². The van der Waals surface area contributed by atoms with Crippen LogP contribution in [0.25, 0.3) is 10.9 Å². The molecule has 0 saturated carbocycles. The molecule has 0 fully saturated rings. The summed E-state index contributed by atoms with van der Waals surface area (Å²) in [6, 6.07) is 4.86. The fourth-order valence-corrected chi connectivity index (χ4v) is 2.62. The number of ether oxygens (including phenoxy) is 1. The van der Waals surface area contributed by atoms with E-state index in [4.69, 9.17) is 4.74 Å². The average Bonchev–Trinajstić information content (AvgIpc) is 2.54. The Balaban J connectivity index is 2.27. The molecule has 3 rings (SSSR count). The van der Waals surface area contributed by atoms with Gasteiger partial charge in [0, 0.05) is 28.6 Å². The van der Waals surface area contributed by atoms with Crippen LogP contribution in [0, 0.1) is 5.82 Å². The minimum Gasteiger partial charge on any atom is -0.370 e. The van der Waals surface area contributed by atoms with E-state index in [1.807, 2.05) is 6.92 Å². The van der Waals surface area contributed by atoms with E-state index in [1.165, 1.54) is 11.8 Å². The van der Waals surface area contributed by atoms with Crippen molar-refractivity contribution >= 4 is 10.9 Å². The lowest BCUT2D eigenvalue weighted by Gasteiger charge is -2.25. The summed E-state index contributed by atoms with van der Waals surface area (Å²) in [5.41, 5.74) is 3.30. The monoisotopic (exact) mass is 219 g/mol. The maximum absolute atomic E-state index is 13.2. The zero-order chi connectivity index (χ0) is 11.3. The fraction of sp³-hybridized carbons (Fsp3) is 0.385. The molecular weight excluding hydrogens is 205 g/mol. The molecule has 16 heavy (non-hydrogen) atoms. The Morgan fingerprint density at radius 3 is 3.00 bits per heavy atom. The van der Waals surface area contributed by atoms with Crippen molar-refractivity contribution in [1.82, 2.24) is 4.98 Å². The summed E-state index contributed by atoms with van der Waals surface area (Å²) in [4.78, 5) is 3.36. The molecule has 1 N–H and O–H groups in total. The Kier molecular flexibility index (Phi) is 2.04. The molecule has 1 aromatic heterocycles. The van der Waals surface area contributed by atoms with Crippen LogP contribution in [-0.2, 0) is 11.2 Å². The van der Waals surface area contributed by atoms with Crippen molar-refractivity contribution in [2.75, 3.05) is 0 Å². The Morgan fingerprint density at radius 2 is 2.19 bits per heavy atom. The first kappa shape index (κ1) is 9.85. The highest BCUT2D eigenvalue weighted by molar-refractivity contribution is 5.85. The molecule has 1 aromatic carbocycles. The molecule has 0 radical (unpaired) electrons. The number of H-pyrrole nitrogens is 1. The van der Waals surface area contributed by atoms with Crippen LogP contribution in [0.2, 0.25) is 0 Å². The van der Waals surface area contributed by atoms with Gasteiger partial charge in [0.15, 0.2) is 0 Å². The Morgan fingerprint density at radius 1 is 1.38 bits per heavy atom. The first-order chi connectivity index (χ1) is 7.65. The molecule has 0 saturated heterocycles. The van der Waals surface area contributed by atoms with E-state index in [-0.39, 0.29) is 18.0 Å². The summed E-state index contributed by atoms with van der Waals surface area (Å²) >= 11 is 0. The molecule has 0 aliphatic carbocycles. The van der Waals surface area contributed by atoms with Crippen LogP contribution in [0.15, 0.2) is 18.2 Å². The average molecular weight is 219 g/mol. The van der Waals surface area contributed by atoms with Crippen LogP contribution in [0.1, 0.15) is 31.2 Å². The van der Waals surface area contributed by atoms with Gasteiger partial charge in [-0.2, -0.15) is 0 Å². The third kappa shape index (κ3) is 1.35.